The zero-order valence-corrected chi connectivity index (χ0v) is 25.4. The lowest BCUT2D eigenvalue weighted by atomic mass is 10.0. The maximum atomic E-state index is 13.1. The lowest BCUT2D eigenvalue weighted by Crippen LogP contribution is -2.33. The molecule has 4 nitrogen and oxygen atoms in total. The molecule has 0 saturated carbocycles. The Hall–Kier alpha value is -3.61. The maximum absolute atomic E-state index is 13.1. The molecule has 7 heteroatoms. The molecule has 0 radical (unpaired) electrons. The van der Waals surface area contributed by atoms with Crippen LogP contribution in [0.3, 0.4) is 0 Å². The number of halogens is 3. The van der Waals surface area contributed by atoms with E-state index in [1.807, 2.05) is 49.4 Å². The Kier molecular flexibility index (Phi) is 16.2. The van der Waals surface area contributed by atoms with Gasteiger partial charge in [0.05, 0.1) is 11.1 Å². The number of aryl methyl sites for hydroxylation is 1. The van der Waals surface area contributed by atoms with Crippen LogP contribution in [0.1, 0.15) is 111 Å². The van der Waals surface area contributed by atoms with Crippen molar-refractivity contribution in [3.63, 3.8) is 0 Å². The normalized spacial score (nSPS) is 11.7. The Bertz CT molecular complexity index is 1190. The molecular weight excluding hydrogens is 553 g/mol. The van der Waals surface area contributed by atoms with Gasteiger partial charge in [-0.1, -0.05) is 120 Å². The number of carbonyl (C=O) groups is 2. The summed E-state index contributed by atoms with van der Waals surface area (Å²) in [6.07, 6.45) is 4.93. The van der Waals surface area contributed by atoms with Gasteiger partial charge in [0.15, 0.2) is 6.10 Å². The topological polar surface area (TPSA) is 63.6 Å². The number of carboxylic acid groups (broad SMARTS) is 1. The van der Waals surface area contributed by atoms with Crippen LogP contribution >= 0.6 is 0 Å². The van der Waals surface area contributed by atoms with Crippen molar-refractivity contribution in [2.75, 3.05) is 0 Å². The molecule has 0 aliphatic rings. The fourth-order valence-electron chi connectivity index (χ4n) is 4.60. The van der Waals surface area contributed by atoms with E-state index in [1.165, 1.54) is 56.2 Å². The van der Waals surface area contributed by atoms with Crippen LogP contribution < -0.4 is 0 Å². The third-order valence-corrected chi connectivity index (χ3v) is 7.18. The molecule has 0 amide bonds. The molecule has 0 bridgehead atoms. The SMILES string of the molecule is CCCCCCC(OC(=O)c1ccc(-c2ccccc2)cc1)C(F)(F)F.CCCCCCCCc1ccc(C(=O)O)cc1. The number of unbranched alkanes of at least 4 members (excludes halogenated alkanes) is 8. The van der Waals surface area contributed by atoms with Crippen LogP contribution in [0, 0.1) is 0 Å². The van der Waals surface area contributed by atoms with Gasteiger partial charge in [-0.05, 0) is 66.6 Å². The van der Waals surface area contributed by atoms with Crippen LogP contribution in [0.4, 0.5) is 13.2 Å². The minimum atomic E-state index is -4.55. The second-order valence-corrected chi connectivity index (χ2v) is 10.7. The fourth-order valence-corrected chi connectivity index (χ4v) is 4.60. The van der Waals surface area contributed by atoms with Gasteiger partial charge >= 0.3 is 18.1 Å². The Morgan fingerprint density at radius 2 is 1.19 bits per heavy atom. The van der Waals surface area contributed by atoms with Crippen LogP contribution in [-0.2, 0) is 11.2 Å². The van der Waals surface area contributed by atoms with Crippen molar-refractivity contribution >= 4 is 11.9 Å². The van der Waals surface area contributed by atoms with Crippen molar-refractivity contribution in [3.8, 4) is 11.1 Å². The first-order valence-electron chi connectivity index (χ1n) is 15.4. The number of benzene rings is 3. The van der Waals surface area contributed by atoms with Crippen molar-refractivity contribution in [3.05, 3.63) is 95.6 Å². The van der Waals surface area contributed by atoms with Crippen molar-refractivity contribution < 1.29 is 32.6 Å². The summed E-state index contributed by atoms with van der Waals surface area (Å²) in [4.78, 5) is 22.8. The number of aromatic carboxylic acids is 1. The number of carbonyl (C=O) groups excluding carboxylic acids is 1. The van der Waals surface area contributed by atoms with E-state index in [0.717, 1.165) is 30.4 Å². The van der Waals surface area contributed by atoms with Gasteiger partial charge in [0, 0.05) is 0 Å². The van der Waals surface area contributed by atoms with E-state index in [0.29, 0.717) is 18.4 Å². The summed E-state index contributed by atoms with van der Waals surface area (Å²) in [7, 11) is 0. The summed E-state index contributed by atoms with van der Waals surface area (Å²) in [5, 5.41) is 8.77. The fraction of sp³-hybridized carbons (Fsp3) is 0.444. The van der Waals surface area contributed by atoms with Crippen LogP contribution in [0.25, 0.3) is 11.1 Å². The summed E-state index contributed by atoms with van der Waals surface area (Å²) in [5.41, 5.74) is 3.58. The highest BCUT2D eigenvalue weighted by Gasteiger charge is 2.42. The maximum Gasteiger partial charge on any atom is 0.425 e. The molecule has 0 spiro atoms. The number of hydrogen-bond donors (Lipinski definition) is 1. The van der Waals surface area contributed by atoms with Crippen LogP contribution in [0.5, 0.6) is 0 Å². The highest BCUT2D eigenvalue weighted by molar-refractivity contribution is 5.90. The number of rotatable bonds is 16. The predicted octanol–water partition coefficient (Wildman–Crippen LogP) is 10.7. The molecule has 3 aromatic carbocycles. The molecule has 3 aromatic rings. The Balaban J connectivity index is 0.000000329. The molecule has 0 fully saturated rings. The standard InChI is InChI=1S/C21H23F3O2.C15H22O2/c1-2-3-4-8-11-19(21(22,23)24)26-20(25)18-14-12-17(13-15-18)16-9-6-5-7-10-16;1-2-3-4-5-6-7-8-13-9-11-14(12-10-13)15(16)17/h5-7,9-10,12-15,19H,2-4,8,11H2,1H3;9-12H,2-8H2,1H3,(H,16,17). The van der Waals surface area contributed by atoms with Gasteiger partial charge in [-0.25, -0.2) is 9.59 Å². The highest BCUT2D eigenvalue weighted by atomic mass is 19.4. The van der Waals surface area contributed by atoms with Gasteiger partial charge in [-0.15, -0.1) is 0 Å². The van der Waals surface area contributed by atoms with Crippen molar-refractivity contribution in [1.82, 2.24) is 0 Å². The lowest BCUT2D eigenvalue weighted by Gasteiger charge is -2.20. The van der Waals surface area contributed by atoms with E-state index in [-0.39, 0.29) is 12.0 Å². The second kappa shape index (κ2) is 19.6. The van der Waals surface area contributed by atoms with E-state index < -0.39 is 24.2 Å². The summed E-state index contributed by atoms with van der Waals surface area (Å²) in [6.45, 7) is 4.21. The molecule has 234 valence electrons. The molecular formula is C36H45F3O4. The largest absolute Gasteiger partial charge is 0.478 e. The average Bonchev–Trinajstić information content (AvgIpc) is 3.01. The molecule has 1 atom stereocenters. The summed E-state index contributed by atoms with van der Waals surface area (Å²) in [5.74, 6) is -1.79. The van der Waals surface area contributed by atoms with Gasteiger partial charge < -0.3 is 9.84 Å². The molecule has 1 N–H and O–H groups in total. The summed E-state index contributed by atoms with van der Waals surface area (Å²) >= 11 is 0. The summed E-state index contributed by atoms with van der Waals surface area (Å²) < 4.78 is 44.1. The first-order valence-corrected chi connectivity index (χ1v) is 15.4. The zero-order chi connectivity index (χ0) is 31.5. The quantitative estimate of drug-likeness (QED) is 0.132. The minimum absolute atomic E-state index is 0.118. The molecule has 43 heavy (non-hydrogen) atoms. The molecule has 0 aliphatic carbocycles. The lowest BCUT2D eigenvalue weighted by molar-refractivity contribution is -0.206. The van der Waals surface area contributed by atoms with E-state index in [4.69, 9.17) is 9.84 Å². The number of carboxylic acids is 1. The van der Waals surface area contributed by atoms with Gasteiger partial charge in [0.25, 0.3) is 0 Å². The van der Waals surface area contributed by atoms with Gasteiger partial charge in [-0.3, -0.25) is 0 Å². The predicted molar refractivity (Wildman–Crippen MR) is 166 cm³/mol. The Labute approximate surface area is 254 Å². The van der Waals surface area contributed by atoms with E-state index in [2.05, 4.69) is 6.92 Å². The van der Waals surface area contributed by atoms with Crippen molar-refractivity contribution in [1.29, 1.82) is 0 Å². The van der Waals surface area contributed by atoms with Gasteiger partial charge in [0.2, 0.25) is 0 Å². The highest BCUT2D eigenvalue weighted by Crippen LogP contribution is 2.28. The number of hydrogen-bond acceptors (Lipinski definition) is 3. The zero-order valence-electron chi connectivity index (χ0n) is 25.4. The smallest absolute Gasteiger partial charge is 0.425 e. The monoisotopic (exact) mass is 598 g/mol. The van der Waals surface area contributed by atoms with E-state index >= 15 is 0 Å². The van der Waals surface area contributed by atoms with Crippen molar-refractivity contribution in [2.24, 2.45) is 0 Å². The molecule has 3 rings (SSSR count). The Morgan fingerprint density at radius 1 is 0.674 bits per heavy atom. The van der Waals surface area contributed by atoms with E-state index in [1.54, 1.807) is 24.3 Å². The molecule has 0 aromatic heterocycles. The number of alkyl halides is 3. The Morgan fingerprint density at radius 3 is 1.74 bits per heavy atom. The van der Waals surface area contributed by atoms with Crippen LogP contribution in [0.2, 0.25) is 0 Å². The second-order valence-electron chi connectivity index (χ2n) is 10.7. The first kappa shape index (κ1) is 35.6. The van der Waals surface area contributed by atoms with Crippen molar-refractivity contribution in [2.45, 2.75) is 103 Å². The molecule has 0 saturated heterocycles. The van der Waals surface area contributed by atoms with Gasteiger partial charge in [0.1, 0.15) is 0 Å². The third-order valence-electron chi connectivity index (χ3n) is 7.18. The average molecular weight is 599 g/mol. The number of ether oxygens (including phenoxy) is 1. The molecule has 0 heterocycles. The van der Waals surface area contributed by atoms with Gasteiger partial charge in [-0.2, -0.15) is 13.2 Å². The number of esters is 1. The first-order chi connectivity index (χ1) is 20.7. The van der Waals surface area contributed by atoms with Crippen LogP contribution in [-0.4, -0.2) is 29.3 Å². The van der Waals surface area contributed by atoms with E-state index in [9.17, 15) is 22.8 Å². The minimum Gasteiger partial charge on any atom is -0.478 e. The third kappa shape index (κ3) is 13.9. The van der Waals surface area contributed by atoms with Crippen LogP contribution in [0.15, 0.2) is 78.9 Å². The molecule has 0 aliphatic heterocycles. The molecule has 1 unspecified atom stereocenters. The summed E-state index contributed by atoms with van der Waals surface area (Å²) in [6, 6.07) is 23.2.